The van der Waals surface area contributed by atoms with E-state index in [1.807, 2.05) is 12.1 Å². The van der Waals surface area contributed by atoms with E-state index in [9.17, 15) is 13.2 Å². The van der Waals surface area contributed by atoms with Gasteiger partial charge in [-0.25, -0.2) is 13.1 Å². The summed E-state index contributed by atoms with van der Waals surface area (Å²) in [5, 5.41) is 9.14. The third-order valence-electron chi connectivity index (χ3n) is 5.51. The van der Waals surface area contributed by atoms with Gasteiger partial charge >= 0.3 is 0 Å². The lowest BCUT2D eigenvalue weighted by atomic mass is 9.83. The molecule has 3 rings (SSSR count). The molecule has 1 aromatic heterocycles. The molecule has 1 heterocycles. The molecule has 8 heteroatoms. The van der Waals surface area contributed by atoms with E-state index in [2.05, 4.69) is 29.0 Å². The summed E-state index contributed by atoms with van der Waals surface area (Å²) in [4.78, 5) is 12.3. The van der Waals surface area contributed by atoms with Gasteiger partial charge in [0.2, 0.25) is 10.0 Å². The summed E-state index contributed by atoms with van der Waals surface area (Å²) in [6.45, 7) is 0.213. The first-order valence-electron chi connectivity index (χ1n) is 10.1. The highest BCUT2D eigenvalue weighted by molar-refractivity contribution is 7.88. The molecular weight excluding hydrogens is 402 g/mol. The Morgan fingerprint density at radius 2 is 1.87 bits per heavy atom. The molecule has 1 aromatic carbocycles. The largest absolute Gasteiger partial charge is 0.376 e. The maximum Gasteiger partial charge on any atom is 0.250 e. The predicted octanol–water partition coefficient (Wildman–Crippen LogP) is 2.55. The van der Waals surface area contributed by atoms with Crippen LogP contribution < -0.4 is 10.3 Å². The molecule has 7 nitrogen and oxygen atoms in total. The van der Waals surface area contributed by atoms with E-state index in [0.717, 1.165) is 31.9 Å². The first-order valence-corrected chi connectivity index (χ1v) is 12.0. The molecule has 1 atom stereocenters. The molecule has 0 bridgehead atoms. The van der Waals surface area contributed by atoms with Gasteiger partial charge in [0.15, 0.2) is 0 Å². The van der Waals surface area contributed by atoms with Crippen molar-refractivity contribution < 1.29 is 13.2 Å². The van der Waals surface area contributed by atoms with Crippen LogP contribution in [0, 0.1) is 11.3 Å². The standard InChI is InChI=1S/C22H27N3O4S/c1-30(27,28)24-14-20(25-15-17(13-23)7-12-22(25)26)16-29-21-10-8-19(9-11-21)18-5-3-2-4-6-18/h2-7,12,15,19-21,24H,8-11,14,16H2,1H3. The summed E-state index contributed by atoms with van der Waals surface area (Å²) in [6, 6.07) is 14.7. The highest BCUT2D eigenvalue weighted by atomic mass is 32.2. The zero-order chi connectivity index (χ0) is 21.6. The average molecular weight is 430 g/mol. The van der Waals surface area contributed by atoms with Crippen LogP contribution in [0.5, 0.6) is 0 Å². The van der Waals surface area contributed by atoms with Crippen LogP contribution in [0.3, 0.4) is 0 Å². The van der Waals surface area contributed by atoms with Crippen LogP contribution in [0.25, 0.3) is 0 Å². The van der Waals surface area contributed by atoms with Gasteiger partial charge in [-0.15, -0.1) is 0 Å². The van der Waals surface area contributed by atoms with Gasteiger partial charge in [0, 0.05) is 18.8 Å². The van der Waals surface area contributed by atoms with E-state index in [0.29, 0.717) is 11.5 Å². The minimum absolute atomic E-state index is 0.0208. The molecule has 2 aromatic rings. The molecule has 1 saturated carbocycles. The summed E-state index contributed by atoms with van der Waals surface area (Å²) >= 11 is 0. The van der Waals surface area contributed by atoms with Crippen LogP contribution in [0.2, 0.25) is 0 Å². The van der Waals surface area contributed by atoms with Crippen molar-refractivity contribution in [2.24, 2.45) is 0 Å². The number of nitrogens with zero attached hydrogens (tertiary/aromatic N) is 2. The number of sulfonamides is 1. The molecule has 1 unspecified atom stereocenters. The Labute approximate surface area is 177 Å². The maximum absolute atomic E-state index is 12.3. The second kappa shape index (κ2) is 10.0. The number of rotatable bonds is 8. The lowest BCUT2D eigenvalue weighted by Gasteiger charge is -2.30. The van der Waals surface area contributed by atoms with Crippen LogP contribution in [0.4, 0.5) is 0 Å². The minimum Gasteiger partial charge on any atom is -0.376 e. The van der Waals surface area contributed by atoms with Crippen molar-refractivity contribution in [2.45, 2.75) is 43.7 Å². The summed E-state index contributed by atoms with van der Waals surface area (Å²) in [5.41, 5.74) is 1.39. The smallest absolute Gasteiger partial charge is 0.250 e. The molecule has 1 aliphatic rings. The van der Waals surface area contributed by atoms with Crippen molar-refractivity contribution in [3.8, 4) is 6.07 Å². The van der Waals surface area contributed by atoms with Gasteiger partial charge in [0.25, 0.3) is 5.56 Å². The van der Waals surface area contributed by atoms with Crippen LogP contribution in [0.15, 0.2) is 53.5 Å². The third-order valence-corrected chi connectivity index (χ3v) is 6.20. The van der Waals surface area contributed by atoms with Gasteiger partial charge in [0.1, 0.15) is 6.07 Å². The van der Waals surface area contributed by atoms with Crippen molar-refractivity contribution in [1.29, 1.82) is 5.26 Å². The second-order valence-corrected chi connectivity index (χ2v) is 9.60. The fourth-order valence-electron chi connectivity index (χ4n) is 3.88. The number of ether oxygens (including phenoxy) is 1. The van der Waals surface area contributed by atoms with Gasteiger partial charge in [-0.05, 0) is 43.2 Å². The summed E-state index contributed by atoms with van der Waals surface area (Å²) in [6.07, 6.45) is 6.49. The zero-order valence-corrected chi connectivity index (χ0v) is 17.8. The Balaban J connectivity index is 1.64. The molecule has 1 N–H and O–H groups in total. The van der Waals surface area contributed by atoms with Crippen molar-refractivity contribution >= 4 is 10.0 Å². The van der Waals surface area contributed by atoms with Crippen molar-refractivity contribution in [1.82, 2.24) is 9.29 Å². The van der Waals surface area contributed by atoms with Crippen LogP contribution in [-0.2, 0) is 14.8 Å². The lowest BCUT2D eigenvalue weighted by Crippen LogP contribution is -2.37. The Hall–Kier alpha value is -2.47. The van der Waals surface area contributed by atoms with Crippen LogP contribution in [-0.4, -0.2) is 38.5 Å². The Bertz CT molecular complexity index is 1040. The highest BCUT2D eigenvalue weighted by Gasteiger charge is 2.24. The first kappa shape index (κ1) is 22.2. The van der Waals surface area contributed by atoms with Gasteiger partial charge < -0.3 is 9.30 Å². The quantitative estimate of drug-likeness (QED) is 0.695. The Morgan fingerprint density at radius 1 is 1.17 bits per heavy atom. The minimum atomic E-state index is -3.42. The molecule has 30 heavy (non-hydrogen) atoms. The molecule has 160 valence electrons. The Morgan fingerprint density at radius 3 is 2.50 bits per heavy atom. The fourth-order valence-corrected chi connectivity index (χ4v) is 4.37. The van der Waals surface area contributed by atoms with E-state index in [4.69, 9.17) is 10.00 Å². The molecule has 1 aliphatic carbocycles. The van der Waals surface area contributed by atoms with Gasteiger partial charge in [0.05, 0.1) is 30.6 Å². The predicted molar refractivity (Wildman–Crippen MR) is 115 cm³/mol. The monoisotopic (exact) mass is 429 g/mol. The van der Waals surface area contributed by atoms with Gasteiger partial charge in [-0.1, -0.05) is 30.3 Å². The third kappa shape index (κ3) is 6.26. The molecule has 0 radical (unpaired) electrons. The van der Waals surface area contributed by atoms with E-state index in [-0.39, 0.29) is 24.8 Å². The number of nitrogens with one attached hydrogen (secondary N) is 1. The number of benzene rings is 1. The zero-order valence-electron chi connectivity index (χ0n) is 17.0. The molecule has 0 aliphatic heterocycles. The summed E-state index contributed by atoms with van der Waals surface area (Å²) < 4.78 is 33.1. The van der Waals surface area contributed by atoms with E-state index >= 15 is 0 Å². The first-order chi connectivity index (χ1) is 14.4. The molecule has 1 fully saturated rings. The summed E-state index contributed by atoms with van der Waals surface area (Å²) in [5.74, 6) is 0.531. The molecule has 0 amide bonds. The van der Waals surface area contributed by atoms with Gasteiger partial charge in [-0.2, -0.15) is 5.26 Å². The summed E-state index contributed by atoms with van der Waals surface area (Å²) in [7, 11) is -3.42. The second-order valence-electron chi connectivity index (χ2n) is 7.77. The van der Waals surface area contributed by atoms with Gasteiger partial charge in [-0.3, -0.25) is 4.79 Å². The highest BCUT2D eigenvalue weighted by Crippen LogP contribution is 2.34. The van der Waals surface area contributed by atoms with Crippen LogP contribution in [0.1, 0.15) is 48.8 Å². The van der Waals surface area contributed by atoms with Crippen molar-refractivity contribution in [3.05, 3.63) is 70.1 Å². The number of hydrogen-bond donors (Lipinski definition) is 1. The topological polar surface area (TPSA) is 101 Å². The SMILES string of the molecule is CS(=O)(=O)NCC(COC1CCC(c2ccccc2)CC1)n1cc(C#N)ccc1=O. The normalized spacial score (nSPS) is 20.4. The van der Waals surface area contributed by atoms with E-state index < -0.39 is 16.1 Å². The molecular formula is C22H27N3O4S. The maximum atomic E-state index is 12.3. The van der Waals surface area contributed by atoms with Crippen LogP contribution >= 0.6 is 0 Å². The Kier molecular flexibility index (Phi) is 7.43. The van der Waals surface area contributed by atoms with Crippen molar-refractivity contribution in [2.75, 3.05) is 19.4 Å². The van der Waals surface area contributed by atoms with E-state index in [1.165, 1.54) is 28.5 Å². The number of pyridine rings is 1. The number of hydrogen-bond acceptors (Lipinski definition) is 5. The van der Waals surface area contributed by atoms with E-state index in [1.54, 1.807) is 0 Å². The fraction of sp³-hybridized carbons (Fsp3) is 0.455. The number of nitriles is 1. The molecule has 0 spiro atoms. The molecule has 0 saturated heterocycles. The van der Waals surface area contributed by atoms with Crippen molar-refractivity contribution in [3.63, 3.8) is 0 Å². The average Bonchev–Trinajstić information content (AvgIpc) is 2.75. The number of aromatic nitrogens is 1. The lowest BCUT2D eigenvalue weighted by molar-refractivity contribution is 0.00736.